The van der Waals surface area contributed by atoms with E-state index in [0.29, 0.717) is 25.7 Å². The molecule has 1 N–H and O–H groups in total. The van der Waals surface area contributed by atoms with Crippen LogP contribution in [0.15, 0.2) is 0 Å². The van der Waals surface area contributed by atoms with Gasteiger partial charge in [-0.25, -0.2) is 4.79 Å². The van der Waals surface area contributed by atoms with Gasteiger partial charge >= 0.3 is 6.09 Å². The number of ether oxygens (including phenoxy) is 1. The van der Waals surface area contributed by atoms with E-state index in [0.717, 1.165) is 0 Å². The van der Waals surface area contributed by atoms with E-state index in [4.69, 9.17) is 4.74 Å². The molecule has 5 heteroatoms. The van der Waals surface area contributed by atoms with E-state index in [2.05, 4.69) is 5.32 Å². The van der Waals surface area contributed by atoms with Crippen LogP contribution < -0.4 is 5.32 Å². The number of amides is 1. The van der Waals surface area contributed by atoms with Gasteiger partial charge < -0.3 is 10.1 Å². The second-order valence-corrected chi connectivity index (χ2v) is 5.95. The Kier molecular flexibility index (Phi) is 5.09. The molecule has 1 amide bonds. The fraction of sp³-hybridized carbons (Fsp3) is 0.786. The van der Waals surface area contributed by atoms with Gasteiger partial charge in [0.2, 0.25) is 5.78 Å². The molecule has 0 spiro atoms. The minimum atomic E-state index is -0.575. The molecule has 0 aromatic carbocycles. The van der Waals surface area contributed by atoms with Gasteiger partial charge in [0.1, 0.15) is 5.60 Å². The Hall–Kier alpha value is -1.39. The molecule has 0 bridgehead atoms. The Balaban J connectivity index is 2.65. The summed E-state index contributed by atoms with van der Waals surface area (Å²) in [7, 11) is 0. The number of carbonyl (C=O) groups excluding carboxylic acids is 3. The predicted molar refractivity (Wildman–Crippen MR) is 70.8 cm³/mol. The summed E-state index contributed by atoms with van der Waals surface area (Å²) in [5.74, 6) is -1.08. The summed E-state index contributed by atoms with van der Waals surface area (Å²) < 4.78 is 5.18. The highest BCUT2D eigenvalue weighted by Gasteiger charge is 2.35. The Morgan fingerprint density at radius 3 is 2.58 bits per heavy atom. The average Bonchev–Trinajstić information content (AvgIpc) is 2.27. The summed E-state index contributed by atoms with van der Waals surface area (Å²) in [5, 5.41) is 2.71. The molecule has 2 unspecified atom stereocenters. The second-order valence-electron chi connectivity index (χ2n) is 5.95. The van der Waals surface area contributed by atoms with E-state index >= 15 is 0 Å². The summed E-state index contributed by atoms with van der Waals surface area (Å²) in [6.07, 6.45) is 1.76. The third-order valence-electron chi connectivity index (χ3n) is 3.16. The highest BCUT2D eigenvalue weighted by molar-refractivity contribution is 6.38. The van der Waals surface area contributed by atoms with E-state index in [1.165, 1.54) is 0 Å². The van der Waals surface area contributed by atoms with Gasteiger partial charge in [-0.05, 0) is 40.0 Å². The van der Waals surface area contributed by atoms with Crippen LogP contribution in [-0.4, -0.2) is 29.3 Å². The van der Waals surface area contributed by atoms with E-state index in [1.807, 2.05) is 6.92 Å². The first-order valence-electron chi connectivity index (χ1n) is 6.81. The van der Waals surface area contributed by atoms with Gasteiger partial charge in [-0.1, -0.05) is 6.92 Å². The minimum absolute atomic E-state index is 0.319. The van der Waals surface area contributed by atoms with Crippen molar-refractivity contribution < 1.29 is 19.1 Å². The number of carbonyl (C=O) groups is 3. The van der Waals surface area contributed by atoms with Crippen LogP contribution in [0.5, 0.6) is 0 Å². The Morgan fingerprint density at radius 1 is 1.42 bits per heavy atom. The molecule has 0 radical (unpaired) electrons. The van der Waals surface area contributed by atoms with Gasteiger partial charge in [-0.2, -0.15) is 0 Å². The SMILES string of the molecule is CCC(NC(=O)OC(C)(C)C)C1CCCC(=O)C1=O. The van der Waals surface area contributed by atoms with Gasteiger partial charge in [0, 0.05) is 18.4 Å². The number of nitrogens with one attached hydrogen (secondary N) is 1. The molecule has 0 aliphatic heterocycles. The van der Waals surface area contributed by atoms with Crippen LogP contribution in [0.2, 0.25) is 0 Å². The molecule has 19 heavy (non-hydrogen) atoms. The molecule has 1 fully saturated rings. The van der Waals surface area contributed by atoms with Crippen LogP contribution in [0.4, 0.5) is 4.79 Å². The molecule has 0 aromatic rings. The quantitative estimate of drug-likeness (QED) is 0.797. The summed E-state index contributed by atoms with van der Waals surface area (Å²) >= 11 is 0. The number of rotatable bonds is 3. The molecule has 1 rings (SSSR count). The standard InChI is InChI=1S/C14H23NO4/c1-5-10(15-13(18)19-14(2,3)4)9-7-6-8-11(16)12(9)17/h9-10H,5-8H2,1-4H3,(H,15,18). The maximum atomic E-state index is 11.9. The molecule has 5 nitrogen and oxygen atoms in total. The highest BCUT2D eigenvalue weighted by Crippen LogP contribution is 2.23. The molecular weight excluding hydrogens is 246 g/mol. The molecule has 108 valence electrons. The van der Waals surface area contributed by atoms with Crippen molar-refractivity contribution in [3.63, 3.8) is 0 Å². The van der Waals surface area contributed by atoms with Gasteiger partial charge in [0.15, 0.2) is 5.78 Å². The first-order chi connectivity index (χ1) is 8.74. The average molecular weight is 269 g/mol. The summed E-state index contributed by atoms with van der Waals surface area (Å²) in [4.78, 5) is 35.0. The Morgan fingerprint density at radius 2 is 2.05 bits per heavy atom. The van der Waals surface area contributed by atoms with Crippen LogP contribution >= 0.6 is 0 Å². The zero-order chi connectivity index (χ0) is 14.6. The zero-order valence-electron chi connectivity index (χ0n) is 12.1. The van der Waals surface area contributed by atoms with Crippen LogP contribution in [0.3, 0.4) is 0 Å². The summed E-state index contributed by atoms with van der Waals surface area (Å²) in [5.41, 5.74) is -0.575. The van der Waals surface area contributed by atoms with Crippen molar-refractivity contribution in [3.8, 4) is 0 Å². The van der Waals surface area contributed by atoms with Crippen LogP contribution in [0.25, 0.3) is 0 Å². The molecule has 0 aromatic heterocycles. The monoisotopic (exact) mass is 269 g/mol. The lowest BCUT2D eigenvalue weighted by Crippen LogP contribution is -2.47. The van der Waals surface area contributed by atoms with Gasteiger partial charge in [-0.3, -0.25) is 9.59 Å². The molecule has 1 aliphatic rings. The third kappa shape index (κ3) is 4.65. The van der Waals surface area contributed by atoms with E-state index in [9.17, 15) is 14.4 Å². The van der Waals surface area contributed by atoms with Crippen molar-refractivity contribution in [2.75, 3.05) is 0 Å². The first-order valence-corrected chi connectivity index (χ1v) is 6.81. The molecule has 0 saturated heterocycles. The maximum absolute atomic E-state index is 11.9. The van der Waals surface area contributed by atoms with Crippen LogP contribution in [0, 0.1) is 5.92 Å². The Bertz CT molecular complexity index is 370. The lowest BCUT2D eigenvalue weighted by Gasteiger charge is -2.29. The van der Waals surface area contributed by atoms with Crippen molar-refractivity contribution in [1.29, 1.82) is 0 Å². The van der Waals surface area contributed by atoms with Crippen molar-refractivity contribution in [2.24, 2.45) is 5.92 Å². The largest absolute Gasteiger partial charge is 0.444 e. The van der Waals surface area contributed by atoms with Gasteiger partial charge in [0.05, 0.1) is 0 Å². The molecular formula is C14H23NO4. The van der Waals surface area contributed by atoms with Crippen LogP contribution in [-0.2, 0) is 14.3 Å². The Labute approximate surface area is 114 Å². The van der Waals surface area contributed by atoms with E-state index < -0.39 is 17.6 Å². The van der Waals surface area contributed by atoms with E-state index in [-0.39, 0.29) is 17.6 Å². The molecule has 1 aliphatic carbocycles. The maximum Gasteiger partial charge on any atom is 0.407 e. The third-order valence-corrected chi connectivity index (χ3v) is 3.16. The van der Waals surface area contributed by atoms with Crippen molar-refractivity contribution in [2.45, 2.75) is 65.0 Å². The van der Waals surface area contributed by atoms with Gasteiger partial charge in [0.25, 0.3) is 0 Å². The fourth-order valence-corrected chi connectivity index (χ4v) is 2.27. The summed E-state index contributed by atoms with van der Waals surface area (Å²) in [6, 6.07) is -0.327. The normalized spacial score (nSPS) is 22.0. The lowest BCUT2D eigenvalue weighted by atomic mass is 9.81. The van der Waals surface area contributed by atoms with Gasteiger partial charge in [-0.15, -0.1) is 0 Å². The molecule has 1 saturated carbocycles. The van der Waals surface area contributed by atoms with E-state index in [1.54, 1.807) is 20.8 Å². The number of hydrogen-bond acceptors (Lipinski definition) is 4. The second kappa shape index (κ2) is 6.17. The zero-order valence-corrected chi connectivity index (χ0v) is 12.1. The first kappa shape index (κ1) is 15.7. The number of hydrogen-bond donors (Lipinski definition) is 1. The predicted octanol–water partition coefficient (Wildman–Crippen LogP) is 2.23. The fourth-order valence-electron chi connectivity index (χ4n) is 2.27. The molecule has 0 heterocycles. The summed E-state index contributed by atoms with van der Waals surface area (Å²) in [6.45, 7) is 7.23. The molecule has 2 atom stereocenters. The topological polar surface area (TPSA) is 72.5 Å². The lowest BCUT2D eigenvalue weighted by molar-refractivity contribution is -0.141. The van der Waals surface area contributed by atoms with Crippen molar-refractivity contribution in [1.82, 2.24) is 5.32 Å². The highest BCUT2D eigenvalue weighted by atomic mass is 16.6. The smallest absolute Gasteiger partial charge is 0.407 e. The van der Waals surface area contributed by atoms with Crippen molar-refractivity contribution >= 4 is 17.7 Å². The van der Waals surface area contributed by atoms with Crippen LogP contribution in [0.1, 0.15) is 53.4 Å². The van der Waals surface area contributed by atoms with Crippen molar-refractivity contribution in [3.05, 3.63) is 0 Å². The number of Topliss-reactive ketones (excluding diaryl/α,β-unsaturated/α-hetero) is 2. The minimum Gasteiger partial charge on any atom is -0.444 e. The number of ketones is 2. The number of alkyl carbamates (subject to hydrolysis) is 1.